The maximum absolute atomic E-state index is 13.3. The number of nitrogens with zero attached hydrogens (tertiary/aromatic N) is 3. The van der Waals surface area contributed by atoms with Gasteiger partial charge in [0.2, 0.25) is 0 Å². The van der Waals surface area contributed by atoms with Crippen LogP contribution in [-0.4, -0.2) is 52.3 Å². The number of anilines is 1. The molecule has 200 valence electrons. The third kappa shape index (κ3) is 4.80. The summed E-state index contributed by atoms with van der Waals surface area (Å²) in [7, 11) is 0. The van der Waals surface area contributed by atoms with Gasteiger partial charge in [-0.15, -0.1) is 0 Å². The normalized spacial score (nSPS) is 19.4. The van der Waals surface area contributed by atoms with Crippen LogP contribution >= 0.6 is 0 Å². The Kier molecular flexibility index (Phi) is 6.74. The highest BCUT2D eigenvalue weighted by atomic mass is 16.2. The van der Waals surface area contributed by atoms with Gasteiger partial charge in [-0.1, -0.05) is 42.5 Å². The zero-order chi connectivity index (χ0) is 27.8. The van der Waals surface area contributed by atoms with Crippen LogP contribution in [0.3, 0.4) is 0 Å². The molecule has 8 heteroatoms. The molecule has 1 saturated heterocycles. The second-order valence-corrected chi connectivity index (χ2v) is 10.7. The number of amides is 2. The summed E-state index contributed by atoms with van der Waals surface area (Å²) < 4.78 is 0. The Morgan fingerprint density at radius 1 is 0.875 bits per heavy atom. The number of fused-ring (bicyclic) bond motifs is 1. The third-order valence-electron chi connectivity index (χ3n) is 8.08. The minimum Gasteiger partial charge on any atom is -0.380 e. The molecule has 0 aromatic heterocycles. The highest BCUT2D eigenvalue weighted by molar-refractivity contribution is 6.25. The lowest BCUT2D eigenvalue weighted by molar-refractivity contribution is -0.132. The van der Waals surface area contributed by atoms with Gasteiger partial charge in [0.1, 0.15) is 5.78 Å². The van der Waals surface area contributed by atoms with Gasteiger partial charge in [-0.05, 0) is 47.4 Å². The fraction of sp³-hybridized carbons (Fsp3) is 0.281. The zero-order valence-electron chi connectivity index (χ0n) is 21.9. The summed E-state index contributed by atoms with van der Waals surface area (Å²) in [6, 6.07) is 22.5. The largest absolute Gasteiger partial charge is 0.380 e. The van der Waals surface area contributed by atoms with E-state index in [1.807, 2.05) is 24.3 Å². The molecule has 40 heavy (non-hydrogen) atoms. The number of imide groups is 1. The highest BCUT2D eigenvalue weighted by Gasteiger charge is 2.45. The average molecular weight is 533 g/mol. The van der Waals surface area contributed by atoms with Gasteiger partial charge >= 0.3 is 0 Å². The molecule has 3 aromatic rings. The lowest BCUT2D eigenvalue weighted by atomic mass is 9.90. The quantitative estimate of drug-likeness (QED) is 0.361. The molecule has 3 aliphatic rings. The molecule has 1 aliphatic carbocycles. The predicted octanol–water partition coefficient (Wildman–Crippen LogP) is 4.06. The van der Waals surface area contributed by atoms with E-state index in [2.05, 4.69) is 40.6 Å². The van der Waals surface area contributed by atoms with E-state index in [4.69, 9.17) is 5.26 Å². The Morgan fingerprint density at radius 2 is 1.60 bits per heavy atom. The SMILES string of the molecule is N#Cc1ccc(C2CN(Cc3ccc(CNc4cccc5c4C(=O)N(C4CCC(=O)CC4=O)C5=O)cc3)C2)cc1. The number of carbonyl (C=O) groups excluding carboxylic acids is 4. The van der Waals surface area contributed by atoms with Crippen LogP contribution in [0.25, 0.3) is 0 Å². The Balaban J connectivity index is 1.06. The van der Waals surface area contributed by atoms with E-state index < -0.39 is 17.9 Å². The van der Waals surface area contributed by atoms with Crippen LogP contribution in [-0.2, 0) is 22.7 Å². The molecule has 8 nitrogen and oxygen atoms in total. The van der Waals surface area contributed by atoms with E-state index in [9.17, 15) is 19.2 Å². The Morgan fingerprint density at radius 3 is 2.30 bits per heavy atom. The first-order chi connectivity index (χ1) is 19.4. The summed E-state index contributed by atoms with van der Waals surface area (Å²) in [5, 5.41) is 12.3. The van der Waals surface area contributed by atoms with Crippen molar-refractivity contribution in [3.8, 4) is 6.07 Å². The van der Waals surface area contributed by atoms with E-state index in [0.717, 1.165) is 30.1 Å². The molecule has 0 radical (unpaired) electrons. The first-order valence-electron chi connectivity index (χ1n) is 13.5. The molecule has 2 aliphatic heterocycles. The number of nitrogens with one attached hydrogen (secondary N) is 1. The molecule has 3 aromatic carbocycles. The van der Waals surface area contributed by atoms with Crippen molar-refractivity contribution in [3.05, 3.63) is 100 Å². The van der Waals surface area contributed by atoms with Gasteiger partial charge in [-0.3, -0.25) is 29.0 Å². The molecule has 0 spiro atoms. The average Bonchev–Trinajstić information content (AvgIpc) is 3.20. The number of ketones is 2. The van der Waals surface area contributed by atoms with Crippen LogP contribution in [0.2, 0.25) is 0 Å². The maximum Gasteiger partial charge on any atom is 0.264 e. The molecular formula is C32H28N4O4. The summed E-state index contributed by atoms with van der Waals surface area (Å²) in [5.41, 5.74) is 5.32. The first kappa shape index (κ1) is 25.7. The molecule has 1 saturated carbocycles. The number of hydrogen-bond acceptors (Lipinski definition) is 7. The smallest absolute Gasteiger partial charge is 0.264 e. The molecule has 1 atom stereocenters. The van der Waals surface area contributed by atoms with Crippen molar-refractivity contribution in [3.63, 3.8) is 0 Å². The van der Waals surface area contributed by atoms with Crippen molar-refractivity contribution >= 4 is 29.1 Å². The van der Waals surface area contributed by atoms with Gasteiger partial charge < -0.3 is 5.32 Å². The fourth-order valence-corrected chi connectivity index (χ4v) is 5.82. The molecule has 1 unspecified atom stereocenters. The van der Waals surface area contributed by atoms with Crippen molar-refractivity contribution in [2.75, 3.05) is 18.4 Å². The van der Waals surface area contributed by atoms with Crippen LogP contribution in [0.1, 0.15) is 68.2 Å². The van der Waals surface area contributed by atoms with Crippen molar-refractivity contribution in [1.29, 1.82) is 5.26 Å². The molecule has 2 amide bonds. The van der Waals surface area contributed by atoms with Crippen LogP contribution in [0.5, 0.6) is 0 Å². The van der Waals surface area contributed by atoms with E-state index in [-0.39, 0.29) is 42.0 Å². The van der Waals surface area contributed by atoms with Crippen LogP contribution in [0.4, 0.5) is 5.69 Å². The second kappa shape index (κ2) is 10.5. The molecule has 6 rings (SSSR count). The molecule has 0 bridgehead atoms. The number of likely N-dealkylation sites (tertiary alicyclic amines) is 1. The maximum atomic E-state index is 13.3. The number of hydrogen-bond donors (Lipinski definition) is 1. The van der Waals surface area contributed by atoms with Crippen LogP contribution in [0.15, 0.2) is 66.7 Å². The summed E-state index contributed by atoms with van der Waals surface area (Å²) in [5.74, 6) is -0.993. The van der Waals surface area contributed by atoms with Gasteiger partial charge in [-0.25, -0.2) is 0 Å². The highest BCUT2D eigenvalue weighted by Crippen LogP contribution is 2.33. The summed E-state index contributed by atoms with van der Waals surface area (Å²) in [6.45, 7) is 3.31. The molecular weight excluding hydrogens is 504 g/mol. The summed E-state index contributed by atoms with van der Waals surface area (Å²) >= 11 is 0. The number of rotatable bonds is 7. The molecule has 2 heterocycles. The summed E-state index contributed by atoms with van der Waals surface area (Å²) in [4.78, 5) is 53.9. The number of nitriles is 1. The number of Topliss-reactive ketones (excluding diaryl/α,β-unsaturated/α-hetero) is 2. The van der Waals surface area contributed by atoms with Crippen molar-refractivity contribution < 1.29 is 19.2 Å². The third-order valence-corrected chi connectivity index (χ3v) is 8.08. The lowest BCUT2D eigenvalue weighted by Crippen LogP contribution is -2.47. The van der Waals surface area contributed by atoms with Gasteiger partial charge in [0, 0.05) is 44.2 Å². The second-order valence-electron chi connectivity index (χ2n) is 10.7. The van der Waals surface area contributed by atoms with Gasteiger partial charge in [-0.2, -0.15) is 5.26 Å². The Hall–Kier alpha value is -4.61. The monoisotopic (exact) mass is 532 g/mol. The minimum absolute atomic E-state index is 0.150. The van der Waals surface area contributed by atoms with E-state index in [0.29, 0.717) is 23.7 Å². The van der Waals surface area contributed by atoms with E-state index >= 15 is 0 Å². The van der Waals surface area contributed by atoms with E-state index in [1.54, 1.807) is 18.2 Å². The number of benzene rings is 3. The van der Waals surface area contributed by atoms with Crippen LogP contribution < -0.4 is 5.32 Å². The van der Waals surface area contributed by atoms with Crippen molar-refractivity contribution in [2.45, 2.75) is 44.3 Å². The predicted molar refractivity (Wildman–Crippen MR) is 148 cm³/mol. The van der Waals surface area contributed by atoms with Crippen molar-refractivity contribution in [2.24, 2.45) is 0 Å². The molecule has 2 fully saturated rings. The number of carbonyl (C=O) groups is 4. The van der Waals surface area contributed by atoms with Gasteiger partial charge in [0.15, 0.2) is 5.78 Å². The Labute approximate surface area is 232 Å². The van der Waals surface area contributed by atoms with E-state index in [1.165, 1.54) is 11.1 Å². The van der Waals surface area contributed by atoms with Gasteiger partial charge in [0.25, 0.3) is 11.8 Å². The molecule has 1 N–H and O–H groups in total. The van der Waals surface area contributed by atoms with Crippen molar-refractivity contribution in [1.82, 2.24) is 9.80 Å². The first-order valence-corrected chi connectivity index (χ1v) is 13.5. The summed E-state index contributed by atoms with van der Waals surface area (Å²) in [6.07, 6.45) is 0.154. The standard InChI is InChI=1S/C32H28N4O4/c33-15-20-8-10-23(11-9-20)24-18-35(19-24)17-22-6-4-21(5-7-22)16-34-27-3-1-2-26-30(27)32(40)36(31(26)39)28-13-12-25(37)14-29(28)38/h1-11,24,28,34H,12-14,16-19H2. The van der Waals surface area contributed by atoms with Gasteiger partial charge in [0.05, 0.1) is 35.2 Å². The fourth-order valence-electron chi connectivity index (χ4n) is 5.82. The zero-order valence-corrected chi connectivity index (χ0v) is 21.9. The Bertz CT molecular complexity index is 1550. The lowest BCUT2D eigenvalue weighted by Gasteiger charge is -2.39. The minimum atomic E-state index is -0.878. The topological polar surface area (TPSA) is 111 Å². The van der Waals surface area contributed by atoms with Crippen LogP contribution in [0, 0.1) is 11.3 Å².